The number of carbonyl (C=O) groups excluding carboxylic acids is 2. The number of ether oxygens (including phenoxy) is 2. The number of esters is 1. The van der Waals surface area contributed by atoms with Gasteiger partial charge in [-0.3, -0.25) is 0 Å². The fraction of sp³-hybridized carbons (Fsp3) is 0.300. The van der Waals surface area contributed by atoms with Gasteiger partial charge in [-0.2, -0.15) is 0 Å². The molecule has 136 valence electrons. The van der Waals surface area contributed by atoms with E-state index in [-0.39, 0.29) is 24.2 Å². The highest BCUT2D eigenvalue weighted by Crippen LogP contribution is 2.29. The number of amides is 1. The maximum Gasteiger partial charge on any atom is 0.410 e. The normalized spacial score (nSPS) is 17.7. The molecule has 26 heavy (non-hydrogen) atoms. The molecule has 0 bridgehead atoms. The quantitative estimate of drug-likeness (QED) is 0.735. The number of nitrogens with zero attached hydrogens (tertiary/aromatic N) is 1. The highest BCUT2D eigenvalue weighted by Gasteiger charge is 2.35. The molecule has 5 nitrogen and oxygen atoms in total. The summed E-state index contributed by atoms with van der Waals surface area (Å²) >= 11 is 6.02. The highest BCUT2D eigenvalue weighted by atomic mass is 35.5. The molecule has 0 radical (unpaired) electrons. The van der Waals surface area contributed by atoms with Crippen molar-refractivity contribution in [2.75, 3.05) is 13.7 Å². The Morgan fingerprint density at radius 1 is 1.31 bits per heavy atom. The average molecular weight is 374 g/mol. The summed E-state index contributed by atoms with van der Waals surface area (Å²) in [7, 11) is 1.35. The molecule has 1 aliphatic rings. The first-order chi connectivity index (χ1) is 12.5. The van der Waals surface area contributed by atoms with Crippen molar-refractivity contribution in [3.63, 3.8) is 0 Å². The SMILES string of the molecule is COC(=O)c1ccc(CC(C)N2CC(c3cccc(Cl)c3)OC2=O)cc1. The van der Waals surface area contributed by atoms with Gasteiger partial charge in [0, 0.05) is 11.1 Å². The smallest absolute Gasteiger partial charge is 0.410 e. The minimum atomic E-state index is -0.364. The van der Waals surface area contributed by atoms with Gasteiger partial charge in [-0.25, -0.2) is 9.59 Å². The number of methoxy groups -OCH3 is 1. The van der Waals surface area contributed by atoms with Crippen molar-refractivity contribution in [2.24, 2.45) is 0 Å². The minimum Gasteiger partial charge on any atom is -0.465 e. The van der Waals surface area contributed by atoms with Crippen molar-refractivity contribution < 1.29 is 19.1 Å². The third-order valence-corrected chi connectivity index (χ3v) is 4.73. The fourth-order valence-corrected chi connectivity index (χ4v) is 3.26. The average Bonchev–Trinajstić information content (AvgIpc) is 3.03. The number of carbonyl (C=O) groups is 2. The van der Waals surface area contributed by atoms with Gasteiger partial charge in [0.05, 0.1) is 19.2 Å². The summed E-state index contributed by atoms with van der Waals surface area (Å²) in [5, 5.41) is 0.621. The van der Waals surface area contributed by atoms with Crippen LogP contribution < -0.4 is 0 Å². The molecule has 1 saturated heterocycles. The number of hydrogen-bond donors (Lipinski definition) is 0. The summed E-state index contributed by atoms with van der Waals surface area (Å²) in [5.74, 6) is -0.364. The molecule has 6 heteroatoms. The zero-order valence-electron chi connectivity index (χ0n) is 14.6. The van der Waals surface area contributed by atoms with Crippen LogP contribution in [0.5, 0.6) is 0 Å². The van der Waals surface area contributed by atoms with E-state index in [1.54, 1.807) is 23.1 Å². The second kappa shape index (κ2) is 7.79. The Kier molecular flexibility index (Phi) is 5.47. The Hall–Kier alpha value is -2.53. The van der Waals surface area contributed by atoms with Crippen LogP contribution in [-0.4, -0.2) is 36.7 Å². The van der Waals surface area contributed by atoms with Gasteiger partial charge in [-0.15, -0.1) is 0 Å². The molecule has 1 fully saturated rings. The third kappa shape index (κ3) is 3.99. The molecular formula is C20H20ClNO4. The van der Waals surface area contributed by atoms with Crippen molar-refractivity contribution in [3.8, 4) is 0 Å². The van der Waals surface area contributed by atoms with E-state index in [4.69, 9.17) is 21.1 Å². The van der Waals surface area contributed by atoms with E-state index in [0.29, 0.717) is 23.6 Å². The zero-order chi connectivity index (χ0) is 18.7. The van der Waals surface area contributed by atoms with E-state index in [2.05, 4.69) is 0 Å². The van der Waals surface area contributed by atoms with Crippen LogP contribution in [-0.2, 0) is 15.9 Å². The third-order valence-electron chi connectivity index (χ3n) is 4.50. The van der Waals surface area contributed by atoms with Crippen molar-refractivity contribution in [1.29, 1.82) is 0 Å². The molecule has 0 saturated carbocycles. The summed E-state index contributed by atoms with van der Waals surface area (Å²) in [4.78, 5) is 25.5. The lowest BCUT2D eigenvalue weighted by atomic mass is 10.0. The second-order valence-electron chi connectivity index (χ2n) is 6.32. The molecule has 1 amide bonds. The Morgan fingerprint density at radius 2 is 2.04 bits per heavy atom. The van der Waals surface area contributed by atoms with Crippen LogP contribution in [0.4, 0.5) is 4.79 Å². The summed E-state index contributed by atoms with van der Waals surface area (Å²) < 4.78 is 10.2. The van der Waals surface area contributed by atoms with Gasteiger partial charge in [0.2, 0.25) is 0 Å². The summed E-state index contributed by atoms with van der Waals surface area (Å²) in [5.41, 5.74) is 2.43. The van der Waals surface area contributed by atoms with Crippen molar-refractivity contribution in [2.45, 2.75) is 25.5 Å². The van der Waals surface area contributed by atoms with Crippen LogP contribution in [0.2, 0.25) is 5.02 Å². The van der Waals surface area contributed by atoms with Crippen LogP contribution >= 0.6 is 11.6 Å². The first kappa shape index (κ1) is 18.3. The summed E-state index contributed by atoms with van der Waals surface area (Å²) in [6.45, 7) is 2.47. The standard InChI is InChI=1S/C20H20ClNO4/c1-13(10-14-6-8-15(9-7-14)19(23)25-2)22-12-18(26-20(22)24)16-4-3-5-17(21)11-16/h3-9,11,13,18H,10,12H2,1-2H3. The molecule has 1 aliphatic heterocycles. The summed E-state index contributed by atoms with van der Waals surface area (Å²) in [6.07, 6.45) is 0.0257. The number of hydrogen-bond acceptors (Lipinski definition) is 4. The van der Waals surface area contributed by atoms with E-state index in [9.17, 15) is 9.59 Å². The topological polar surface area (TPSA) is 55.8 Å². The predicted octanol–water partition coefficient (Wildman–Crippen LogP) is 4.25. The number of benzene rings is 2. The predicted molar refractivity (Wildman–Crippen MR) is 98.3 cm³/mol. The Balaban J connectivity index is 1.65. The molecule has 0 aromatic heterocycles. The van der Waals surface area contributed by atoms with Gasteiger partial charge in [0.1, 0.15) is 6.10 Å². The first-order valence-corrected chi connectivity index (χ1v) is 8.75. The van der Waals surface area contributed by atoms with Crippen LogP contribution in [0, 0.1) is 0 Å². The molecule has 2 aromatic carbocycles. The molecular weight excluding hydrogens is 354 g/mol. The van der Waals surface area contributed by atoms with E-state index in [1.165, 1.54) is 7.11 Å². The van der Waals surface area contributed by atoms with E-state index < -0.39 is 0 Å². The van der Waals surface area contributed by atoms with Crippen molar-refractivity contribution in [1.82, 2.24) is 4.90 Å². The maximum atomic E-state index is 12.3. The lowest BCUT2D eigenvalue weighted by Crippen LogP contribution is -2.35. The number of rotatable bonds is 5. The first-order valence-electron chi connectivity index (χ1n) is 8.38. The van der Waals surface area contributed by atoms with Crippen molar-refractivity contribution in [3.05, 3.63) is 70.2 Å². The fourth-order valence-electron chi connectivity index (χ4n) is 3.07. The molecule has 1 heterocycles. The van der Waals surface area contributed by atoms with Gasteiger partial charge < -0.3 is 14.4 Å². The van der Waals surface area contributed by atoms with Crippen molar-refractivity contribution >= 4 is 23.7 Å². The molecule has 2 atom stereocenters. The molecule has 0 spiro atoms. The maximum absolute atomic E-state index is 12.3. The molecule has 0 aliphatic carbocycles. The van der Waals surface area contributed by atoms with Crippen LogP contribution in [0.1, 0.15) is 34.5 Å². The van der Waals surface area contributed by atoms with Crippen LogP contribution in [0.15, 0.2) is 48.5 Å². The molecule has 2 unspecified atom stereocenters. The Morgan fingerprint density at radius 3 is 2.69 bits per heavy atom. The van der Waals surface area contributed by atoms with Crippen LogP contribution in [0.3, 0.4) is 0 Å². The monoisotopic (exact) mass is 373 g/mol. The molecule has 2 aromatic rings. The molecule has 3 rings (SSSR count). The van der Waals surface area contributed by atoms with Gasteiger partial charge in [-0.1, -0.05) is 35.9 Å². The minimum absolute atomic E-state index is 0.0318. The van der Waals surface area contributed by atoms with Gasteiger partial charge in [0.15, 0.2) is 0 Å². The highest BCUT2D eigenvalue weighted by molar-refractivity contribution is 6.30. The number of halogens is 1. The van der Waals surface area contributed by atoms with Crippen LogP contribution in [0.25, 0.3) is 0 Å². The lowest BCUT2D eigenvalue weighted by molar-refractivity contribution is 0.0600. The zero-order valence-corrected chi connectivity index (χ0v) is 15.4. The lowest BCUT2D eigenvalue weighted by Gasteiger charge is -2.22. The Bertz CT molecular complexity index is 806. The van der Waals surface area contributed by atoms with Gasteiger partial charge in [-0.05, 0) is 48.7 Å². The summed E-state index contributed by atoms with van der Waals surface area (Å²) in [6, 6.07) is 14.5. The Labute approximate surface area is 157 Å². The van der Waals surface area contributed by atoms with E-state index >= 15 is 0 Å². The van der Waals surface area contributed by atoms with Gasteiger partial charge >= 0.3 is 12.1 Å². The molecule has 0 N–H and O–H groups in total. The largest absolute Gasteiger partial charge is 0.465 e. The van der Waals surface area contributed by atoms with E-state index in [1.807, 2.05) is 37.3 Å². The number of cyclic esters (lactones) is 1. The van der Waals surface area contributed by atoms with Gasteiger partial charge in [0.25, 0.3) is 0 Å². The second-order valence-corrected chi connectivity index (χ2v) is 6.76. The van der Waals surface area contributed by atoms with E-state index in [0.717, 1.165) is 11.1 Å².